The van der Waals surface area contributed by atoms with Crippen LogP contribution >= 0.6 is 11.3 Å². The molecule has 124 valence electrons. The predicted molar refractivity (Wildman–Crippen MR) is 105 cm³/mol. The zero-order valence-electron chi connectivity index (χ0n) is 14.0. The van der Waals surface area contributed by atoms with Gasteiger partial charge in [-0.3, -0.25) is 9.36 Å². The fourth-order valence-electron chi connectivity index (χ4n) is 3.10. The van der Waals surface area contributed by atoms with Crippen LogP contribution in [0.3, 0.4) is 0 Å². The average molecular weight is 346 g/mol. The van der Waals surface area contributed by atoms with Gasteiger partial charge < -0.3 is 0 Å². The molecule has 0 amide bonds. The Hall–Kier alpha value is -2.72. The van der Waals surface area contributed by atoms with Gasteiger partial charge >= 0.3 is 0 Å². The summed E-state index contributed by atoms with van der Waals surface area (Å²) in [5, 5.41) is 2.75. The van der Waals surface area contributed by atoms with Crippen LogP contribution in [0.4, 0.5) is 0 Å². The second-order valence-electron chi connectivity index (χ2n) is 5.95. The molecule has 25 heavy (non-hydrogen) atoms. The summed E-state index contributed by atoms with van der Waals surface area (Å²) in [7, 11) is 0. The first-order valence-corrected chi connectivity index (χ1v) is 9.31. The van der Waals surface area contributed by atoms with Crippen LogP contribution in [0.1, 0.15) is 19.2 Å². The van der Waals surface area contributed by atoms with Crippen molar-refractivity contribution in [3.8, 4) is 16.8 Å². The normalized spacial score (nSPS) is 11.1. The number of nitrogens with zero attached hydrogens (tertiary/aromatic N) is 2. The average Bonchev–Trinajstić information content (AvgIpc) is 3.08. The van der Waals surface area contributed by atoms with E-state index in [2.05, 4.69) is 6.92 Å². The highest BCUT2D eigenvalue weighted by molar-refractivity contribution is 7.17. The van der Waals surface area contributed by atoms with Crippen LogP contribution in [0.25, 0.3) is 27.0 Å². The minimum Gasteiger partial charge on any atom is -0.268 e. The minimum atomic E-state index is 0.0137. The van der Waals surface area contributed by atoms with Crippen molar-refractivity contribution in [2.75, 3.05) is 0 Å². The molecule has 4 heteroatoms. The monoisotopic (exact) mass is 346 g/mol. The zero-order valence-corrected chi connectivity index (χ0v) is 14.8. The van der Waals surface area contributed by atoms with Gasteiger partial charge in [-0.2, -0.15) is 0 Å². The first-order chi connectivity index (χ1) is 12.3. The van der Waals surface area contributed by atoms with Gasteiger partial charge in [0.05, 0.1) is 11.1 Å². The highest BCUT2D eigenvalue weighted by Gasteiger charge is 2.17. The Labute approximate surface area is 150 Å². The molecule has 0 saturated carbocycles. The van der Waals surface area contributed by atoms with Crippen LogP contribution in [-0.4, -0.2) is 9.55 Å². The minimum absolute atomic E-state index is 0.0137. The van der Waals surface area contributed by atoms with Gasteiger partial charge in [-0.1, -0.05) is 55.5 Å². The van der Waals surface area contributed by atoms with Crippen LogP contribution in [0.2, 0.25) is 0 Å². The van der Waals surface area contributed by atoms with Crippen LogP contribution in [-0.2, 0) is 6.42 Å². The van der Waals surface area contributed by atoms with Crippen LogP contribution in [0.15, 0.2) is 70.8 Å². The summed E-state index contributed by atoms with van der Waals surface area (Å²) in [6.07, 6.45) is 1.72. The molecule has 0 fully saturated rings. The third-order valence-corrected chi connectivity index (χ3v) is 5.12. The van der Waals surface area contributed by atoms with E-state index >= 15 is 0 Å². The van der Waals surface area contributed by atoms with Crippen molar-refractivity contribution < 1.29 is 0 Å². The summed E-state index contributed by atoms with van der Waals surface area (Å²) in [6, 6.07) is 19.8. The summed E-state index contributed by atoms with van der Waals surface area (Å²) < 4.78 is 1.77. The van der Waals surface area contributed by atoms with Crippen LogP contribution in [0, 0.1) is 0 Å². The number of rotatable bonds is 4. The Morgan fingerprint density at radius 3 is 2.36 bits per heavy atom. The number of aryl methyl sites for hydroxylation is 1. The molecule has 0 unspecified atom stereocenters. The molecule has 4 aromatic rings. The van der Waals surface area contributed by atoms with E-state index in [4.69, 9.17) is 4.98 Å². The summed E-state index contributed by atoms with van der Waals surface area (Å²) in [5.41, 5.74) is 2.90. The van der Waals surface area contributed by atoms with E-state index in [9.17, 15) is 4.79 Å². The third-order valence-electron chi connectivity index (χ3n) is 4.25. The largest absolute Gasteiger partial charge is 0.268 e. The summed E-state index contributed by atoms with van der Waals surface area (Å²) >= 11 is 1.54. The van der Waals surface area contributed by atoms with Crippen molar-refractivity contribution in [3.63, 3.8) is 0 Å². The zero-order chi connectivity index (χ0) is 17.2. The SMILES string of the molecule is CCCc1nc2scc(-c3ccccc3)c2c(=O)n1-c1ccccc1. The van der Waals surface area contributed by atoms with Gasteiger partial charge in [0.15, 0.2) is 0 Å². The van der Waals surface area contributed by atoms with Crippen molar-refractivity contribution in [2.45, 2.75) is 19.8 Å². The first-order valence-electron chi connectivity index (χ1n) is 8.43. The maximum Gasteiger partial charge on any atom is 0.267 e. The van der Waals surface area contributed by atoms with Crippen molar-refractivity contribution in [2.24, 2.45) is 0 Å². The van der Waals surface area contributed by atoms with E-state index in [1.807, 2.05) is 66.0 Å². The number of aromatic nitrogens is 2. The lowest BCUT2D eigenvalue weighted by molar-refractivity contribution is 0.776. The van der Waals surface area contributed by atoms with Gasteiger partial charge in [0.2, 0.25) is 0 Å². The van der Waals surface area contributed by atoms with E-state index < -0.39 is 0 Å². The molecule has 3 nitrogen and oxygen atoms in total. The molecule has 0 N–H and O–H groups in total. The maximum atomic E-state index is 13.4. The predicted octanol–water partition coefficient (Wildman–Crippen LogP) is 5.07. The Kier molecular flexibility index (Phi) is 4.20. The third kappa shape index (κ3) is 2.79. The molecule has 0 radical (unpaired) electrons. The first kappa shape index (κ1) is 15.8. The van der Waals surface area contributed by atoms with Gasteiger partial charge in [0.25, 0.3) is 5.56 Å². The van der Waals surface area contributed by atoms with Crippen molar-refractivity contribution >= 4 is 21.6 Å². The molecule has 2 aromatic heterocycles. The second kappa shape index (κ2) is 6.65. The van der Waals surface area contributed by atoms with E-state index in [0.29, 0.717) is 5.39 Å². The Morgan fingerprint density at radius 1 is 1.00 bits per heavy atom. The van der Waals surface area contributed by atoms with Crippen molar-refractivity contribution in [3.05, 3.63) is 82.2 Å². The van der Waals surface area contributed by atoms with E-state index in [1.54, 1.807) is 15.9 Å². The molecule has 0 aliphatic rings. The Bertz CT molecular complexity index is 1070. The molecule has 0 spiro atoms. The Morgan fingerprint density at radius 2 is 1.68 bits per heavy atom. The van der Waals surface area contributed by atoms with Crippen LogP contribution in [0.5, 0.6) is 0 Å². The lowest BCUT2D eigenvalue weighted by Gasteiger charge is -2.12. The fourth-order valence-corrected chi connectivity index (χ4v) is 4.05. The number of thiophene rings is 1. The molecule has 0 bridgehead atoms. The number of para-hydroxylation sites is 1. The fraction of sp³-hybridized carbons (Fsp3) is 0.143. The summed E-state index contributed by atoms with van der Waals surface area (Å²) in [4.78, 5) is 19.1. The van der Waals surface area contributed by atoms with E-state index in [0.717, 1.165) is 40.3 Å². The number of hydrogen-bond acceptors (Lipinski definition) is 3. The molecule has 2 aromatic carbocycles. The quantitative estimate of drug-likeness (QED) is 0.517. The lowest BCUT2D eigenvalue weighted by Crippen LogP contribution is -2.23. The van der Waals surface area contributed by atoms with Gasteiger partial charge in [-0.25, -0.2) is 4.98 Å². The van der Waals surface area contributed by atoms with Gasteiger partial charge in [-0.05, 0) is 24.1 Å². The molecule has 0 aliphatic carbocycles. The van der Waals surface area contributed by atoms with Crippen LogP contribution < -0.4 is 5.56 Å². The molecule has 4 rings (SSSR count). The molecular formula is C21H18N2OS. The smallest absolute Gasteiger partial charge is 0.267 e. The van der Waals surface area contributed by atoms with E-state index in [-0.39, 0.29) is 5.56 Å². The van der Waals surface area contributed by atoms with Gasteiger partial charge in [0.1, 0.15) is 10.7 Å². The van der Waals surface area contributed by atoms with Gasteiger partial charge in [0, 0.05) is 17.4 Å². The molecule has 0 atom stereocenters. The highest BCUT2D eigenvalue weighted by Crippen LogP contribution is 2.31. The molecular weight excluding hydrogens is 328 g/mol. The lowest BCUT2D eigenvalue weighted by atomic mass is 10.1. The molecule has 0 saturated heterocycles. The number of benzene rings is 2. The molecule has 2 heterocycles. The molecule has 0 aliphatic heterocycles. The number of fused-ring (bicyclic) bond motifs is 1. The van der Waals surface area contributed by atoms with Gasteiger partial charge in [-0.15, -0.1) is 11.3 Å². The van der Waals surface area contributed by atoms with E-state index in [1.165, 1.54) is 0 Å². The summed E-state index contributed by atoms with van der Waals surface area (Å²) in [5.74, 6) is 0.827. The second-order valence-corrected chi connectivity index (χ2v) is 6.81. The summed E-state index contributed by atoms with van der Waals surface area (Å²) in [6.45, 7) is 2.11. The highest BCUT2D eigenvalue weighted by atomic mass is 32.1. The topological polar surface area (TPSA) is 34.9 Å². The van der Waals surface area contributed by atoms with Crippen molar-refractivity contribution in [1.82, 2.24) is 9.55 Å². The number of hydrogen-bond donors (Lipinski definition) is 0. The standard InChI is InChI=1S/C21H18N2OS/c1-2-9-18-22-20-19(17(14-25-20)15-10-5-3-6-11-15)21(24)23(18)16-12-7-4-8-13-16/h3-8,10-14H,2,9H2,1H3. The van der Waals surface area contributed by atoms with Crippen molar-refractivity contribution in [1.29, 1.82) is 0 Å². The Balaban J connectivity index is 2.05. The maximum absolute atomic E-state index is 13.4.